The molecule has 1 aliphatic rings. The Hall–Kier alpha value is -2.72. The zero-order chi connectivity index (χ0) is 18.4. The van der Waals surface area contributed by atoms with Gasteiger partial charge in [0, 0.05) is 26.0 Å². The molecule has 10 heteroatoms. The number of anilines is 1. The van der Waals surface area contributed by atoms with E-state index in [0.717, 1.165) is 16.3 Å². The number of nitrogens with one attached hydrogen (secondary N) is 2. The minimum Gasteiger partial charge on any atom is -0.324 e. The summed E-state index contributed by atoms with van der Waals surface area (Å²) in [7, 11) is -1.77. The highest BCUT2D eigenvalue weighted by atomic mass is 32.2. The highest BCUT2D eigenvalue weighted by Gasteiger charge is 2.32. The van der Waals surface area contributed by atoms with Gasteiger partial charge in [0.2, 0.25) is 15.9 Å². The third-order valence-electron chi connectivity index (χ3n) is 4.02. The number of nitrogens with zero attached hydrogens (tertiary/aromatic N) is 2. The summed E-state index contributed by atoms with van der Waals surface area (Å²) < 4.78 is 29.1. The SMILES string of the molecule is Cn1cc(S(=O)(=O)NC2Cc3ccccc3NC2=O)c(=O)n(C)c1=O. The molecule has 2 heterocycles. The molecule has 0 aliphatic carbocycles. The van der Waals surface area contributed by atoms with Crippen LogP contribution in [0.4, 0.5) is 5.69 Å². The van der Waals surface area contributed by atoms with Gasteiger partial charge in [-0.1, -0.05) is 18.2 Å². The van der Waals surface area contributed by atoms with Crippen molar-refractivity contribution in [3.8, 4) is 0 Å². The highest BCUT2D eigenvalue weighted by molar-refractivity contribution is 7.89. The van der Waals surface area contributed by atoms with Crippen molar-refractivity contribution in [2.24, 2.45) is 14.1 Å². The van der Waals surface area contributed by atoms with Gasteiger partial charge in [-0.15, -0.1) is 0 Å². The lowest BCUT2D eigenvalue weighted by molar-refractivity contribution is -0.118. The predicted molar refractivity (Wildman–Crippen MR) is 89.8 cm³/mol. The molecule has 2 N–H and O–H groups in total. The molecule has 0 bridgehead atoms. The van der Waals surface area contributed by atoms with E-state index in [0.29, 0.717) is 10.3 Å². The van der Waals surface area contributed by atoms with Gasteiger partial charge in [0.25, 0.3) is 5.56 Å². The number of aromatic nitrogens is 2. The first kappa shape index (κ1) is 17.1. The molecular formula is C15H16N4O5S. The standard InChI is InChI=1S/C15H16N4O5S/c1-18-8-12(14(21)19(2)15(18)22)25(23,24)17-11-7-9-5-3-4-6-10(9)16-13(11)20/h3-6,8,11,17H,7H2,1-2H3,(H,16,20). The molecule has 0 spiro atoms. The Kier molecular flexibility index (Phi) is 4.09. The zero-order valence-corrected chi connectivity index (χ0v) is 14.3. The molecule has 3 rings (SSSR count). The van der Waals surface area contributed by atoms with Gasteiger partial charge >= 0.3 is 5.69 Å². The lowest BCUT2D eigenvalue weighted by Gasteiger charge is -2.25. The molecule has 0 fully saturated rings. The molecule has 0 saturated heterocycles. The normalized spacial score (nSPS) is 17.0. The van der Waals surface area contributed by atoms with Crippen molar-refractivity contribution in [1.82, 2.24) is 13.9 Å². The zero-order valence-electron chi connectivity index (χ0n) is 13.5. The summed E-state index contributed by atoms with van der Waals surface area (Å²) in [6.45, 7) is 0. The molecule has 1 aliphatic heterocycles. The van der Waals surface area contributed by atoms with Crippen LogP contribution >= 0.6 is 0 Å². The summed E-state index contributed by atoms with van der Waals surface area (Å²) >= 11 is 0. The fourth-order valence-electron chi connectivity index (χ4n) is 2.66. The Morgan fingerprint density at radius 1 is 1.16 bits per heavy atom. The van der Waals surface area contributed by atoms with Crippen molar-refractivity contribution in [3.63, 3.8) is 0 Å². The van der Waals surface area contributed by atoms with E-state index in [2.05, 4.69) is 10.0 Å². The molecule has 0 radical (unpaired) electrons. The van der Waals surface area contributed by atoms with Gasteiger partial charge in [-0.05, 0) is 18.1 Å². The van der Waals surface area contributed by atoms with Crippen LogP contribution in [-0.2, 0) is 35.3 Å². The quantitative estimate of drug-likeness (QED) is 0.718. The van der Waals surface area contributed by atoms with Crippen LogP contribution in [0.5, 0.6) is 0 Å². The number of rotatable bonds is 3. The smallest absolute Gasteiger partial charge is 0.324 e. The topological polar surface area (TPSA) is 119 Å². The maximum absolute atomic E-state index is 12.6. The number of sulfonamides is 1. The van der Waals surface area contributed by atoms with Gasteiger partial charge < -0.3 is 9.88 Å². The average molecular weight is 364 g/mol. The number of fused-ring (bicyclic) bond motifs is 1. The Labute approximate surface area is 143 Å². The van der Waals surface area contributed by atoms with E-state index >= 15 is 0 Å². The molecule has 9 nitrogen and oxygen atoms in total. The Balaban J connectivity index is 1.97. The van der Waals surface area contributed by atoms with Crippen LogP contribution in [0.25, 0.3) is 0 Å². The molecule has 2 aromatic rings. The molecule has 1 aromatic heterocycles. The first-order valence-electron chi connectivity index (χ1n) is 7.38. The number of aryl methyl sites for hydroxylation is 1. The summed E-state index contributed by atoms with van der Waals surface area (Å²) in [4.78, 5) is 35.4. The van der Waals surface area contributed by atoms with Crippen molar-refractivity contribution in [1.29, 1.82) is 0 Å². The molecule has 25 heavy (non-hydrogen) atoms. The monoisotopic (exact) mass is 364 g/mol. The molecule has 1 unspecified atom stereocenters. The minimum atomic E-state index is -4.29. The second kappa shape index (κ2) is 5.97. The van der Waals surface area contributed by atoms with Gasteiger partial charge in [-0.25, -0.2) is 13.2 Å². The molecule has 132 valence electrons. The fourth-order valence-corrected chi connectivity index (χ4v) is 4.01. The second-order valence-electron chi connectivity index (χ2n) is 5.78. The number of hydrogen-bond acceptors (Lipinski definition) is 5. The van der Waals surface area contributed by atoms with Gasteiger partial charge in [-0.2, -0.15) is 4.72 Å². The Morgan fingerprint density at radius 3 is 2.56 bits per heavy atom. The van der Waals surface area contributed by atoms with E-state index in [9.17, 15) is 22.8 Å². The van der Waals surface area contributed by atoms with Crippen LogP contribution < -0.4 is 21.3 Å². The minimum absolute atomic E-state index is 0.160. The van der Waals surface area contributed by atoms with Crippen LogP contribution in [0.2, 0.25) is 0 Å². The van der Waals surface area contributed by atoms with E-state index < -0.39 is 38.1 Å². The maximum atomic E-state index is 12.6. The van der Waals surface area contributed by atoms with Crippen LogP contribution in [0.3, 0.4) is 0 Å². The summed E-state index contributed by atoms with van der Waals surface area (Å²) in [5.41, 5.74) is -0.190. The van der Waals surface area contributed by atoms with Gasteiger partial charge in [0.15, 0.2) is 4.90 Å². The van der Waals surface area contributed by atoms with E-state index in [1.54, 1.807) is 24.3 Å². The fraction of sp³-hybridized carbons (Fsp3) is 0.267. The van der Waals surface area contributed by atoms with Crippen LogP contribution in [-0.4, -0.2) is 29.5 Å². The molecule has 1 atom stereocenters. The summed E-state index contributed by atoms with van der Waals surface area (Å²) in [5.74, 6) is -0.510. The summed E-state index contributed by atoms with van der Waals surface area (Å²) in [6.07, 6.45) is 1.11. The van der Waals surface area contributed by atoms with Crippen LogP contribution in [0.1, 0.15) is 5.56 Å². The van der Waals surface area contributed by atoms with Crippen molar-refractivity contribution in [2.45, 2.75) is 17.4 Å². The first-order chi connectivity index (χ1) is 11.7. The average Bonchev–Trinajstić information content (AvgIpc) is 2.56. The molecule has 0 saturated carbocycles. The lowest BCUT2D eigenvalue weighted by atomic mass is 10.00. The molecule has 1 amide bonds. The third kappa shape index (κ3) is 3.01. The summed E-state index contributed by atoms with van der Waals surface area (Å²) in [6, 6.07) is 5.99. The van der Waals surface area contributed by atoms with Gasteiger partial charge in [-0.3, -0.25) is 14.2 Å². The predicted octanol–water partition coefficient (Wildman–Crippen LogP) is -1.07. The van der Waals surface area contributed by atoms with E-state index in [1.807, 2.05) is 0 Å². The van der Waals surface area contributed by atoms with Gasteiger partial charge in [0.05, 0.1) is 0 Å². The summed E-state index contributed by atoms with van der Waals surface area (Å²) in [5, 5.41) is 2.63. The molecule has 1 aromatic carbocycles. The number of benzene rings is 1. The Bertz CT molecular complexity index is 1080. The largest absolute Gasteiger partial charge is 0.330 e. The van der Waals surface area contributed by atoms with Crippen molar-refractivity contribution in [3.05, 3.63) is 56.9 Å². The maximum Gasteiger partial charge on any atom is 0.330 e. The van der Waals surface area contributed by atoms with E-state index in [-0.39, 0.29) is 6.42 Å². The molecular weight excluding hydrogens is 348 g/mol. The van der Waals surface area contributed by atoms with Crippen molar-refractivity contribution < 1.29 is 13.2 Å². The number of carbonyl (C=O) groups excluding carboxylic acids is 1. The van der Waals surface area contributed by atoms with Crippen LogP contribution in [0, 0.1) is 0 Å². The van der Waals surface area contributed by atoms with Crippen LogP contribution in [0.15, 0.2) is 44.9 Å². The number of para-hydroxylation sites is 1. The van der Waals surface area contributed by atoms with Crippen molar-refractivity contribution >= 4 is 21.6 Å². The van der Waals surface area contributed by atoms with E-state index in [4.69, 9.17) is 0 Å². The number of amides is 1. The number of carbonyl (C=O) groups is 1. The Morgan fingerprint density at radius 2 is 1.84 bits per heavy atom. The third-order valence-corrected chi connectivity index (χ3v) is 5.47. The lowest BCUT2D eigenvalue weighted by Crippen LogP contribution is -2.49. The highest BCUT2D eigenvalue weighted by Crippen LogP contribution is 2.22. The first-order valence-corrected chi connectivity index (χ1v) is 8.87. The number of hydrogen-bond donors (Lipinski definition) is 2. The van der Waals surface area contributed by atoms with Crippen molar-refractivity contribution in [2.75, 3.05) is 5.32 Å². The van der Waals surface area contributed by atoms with Gasteiger partial charge in [0.1, 0.15) is 6.04 Å². The van der Waals surface area contributed by atoms with E-state index in [1.165, 1.54) is 14.1 Å². The second-order valence-corrected chi connectivity index (χ2v) is 7.46.